The van der Waals surface area contributed by atoms with Crippen molar-refractivity contribution in [1.29, 1.82) is 0 Å². The van der Waals surface area contributed by atoms with Crippen molar-refractivity contribution < 1.29 is 27.5 Å². The molecule has 0 unspecified atom stereocenters. The minimum Gasteiger partial charge on any atom is -0.496 e. The molecular formula is C18H21NO6S2. The van der Waals surface area contributed by atoms with Gasteiger partial charge in [-0.05, 0) is 24.6 Å². The van der Waals surface area contributed by atoms with Gasteiger partial charge in [-0.25, -0.2) is 13.1 Å². The summed E-state index contributed by atoms with van der Waals surface area (Å²) in [7, 11) is -1.71. The lowest BCUT2D eigenvalue weighted by Crippen LogP contribution is -2.24. The van der Waals surface area contributed by atoms with Gasteiger partial charge in [-0.2, -0.15) is 0 Å². The molecule has 0 spiro atoms. The van der Waals surface area contributed by atoms with E-state index in [0.717, 1.165) is 11.1 Å². The van der Waals surface area contributed by atoms with Crippen LogP contribution in [-0.2, 0) is 32.4 Å². The molecule has 146 valence electrons. The van der Waals surface area contributed by atoms with Crippen LogP contribution in [0.25, 0.3) is 0 Å². The summed E-state index contributed by atoms with van der Waals surface area (Å²) in [5.41, 5.74) is 0.689. The van der Waals surface area contributed by atoms with E-state index >= 15 is 0 Å². The molecule has 0 amide bonds. The number of para-hydroxylation sites is 1. The highest BCUT2D eigenvalue weighted by Gasteiger charge is 2.14. The van der Waals surface area contributed by atoms with E-state index in [0.29, 0.717) is 22.6 Å². The summed E-state index contributed by atoms with van der Waals surface area (Å²) in [5, 5.41) is 0. The number of sulfonamides is 1. The van der Waals surface area contributed by atoms with Gasteiger partial charge >= 0.3 is 5.97 Å². The van der Waals surface area contributed by atoms with Crippen LogP contribution in [-0.4, -0.2) is 46.7 Å². The molecule has 9 heteroatoms. The number of hydrogen-bond acceptors (Lipinski definition) is 7. The molecule has 2 rings (SSSR count). The fraction of sp³-hybridized carbons (Fsp3) is 0.333. The minimum absolute atomic E-state index is 0.0180. The van der Waals surface area contributed by atoms with E-state index in [-0.39, 0.29) is 25.4 Å². The van der Waals surface area contributed by atoms with Crippen LogP contribution >= 0.6 is 11.3 Å². The van der Waals surface area contributed by atoms with Gasteiger partial charge in [0.05, 0.1) is 24.7 Å². The first-order chi connectivity index (χ1) is 12.8. The van der Waals surface area contributed by atoms with Gasteiger partial charge in [-0.15, -0.1) is 11.3 Å². The molecule has 1 N–H and O–H groups in total. The quantitative estimate of drug-likeness (QED) is 0.473. The van der Waals surface area contributed by atoms with Crippen molar-refractivity contribution in [3.63, 3.8) is 0 Å². The summed E-state index contributed by atoms with van der Waals surface area (Å²) >= 11 is 1.26. The van der Waals surface area contributed by atoms with Crippen LogP contribution in [0.4, 0.5) is 0 Å². The molecule has 0 radical (unpaired) electrons. The van der Waals surface area contributed by atoms with E-state index in [2.05, 4.69) is 4.72 Å². The molecule has 1 aromatic carbocycles. The van der Waals surface area contributed by atoms with Crippen LogP contribution in [0, 0.1) is 0 Å². The fourth-order valence-electron chi connectivity index (χ4n) is 2.29. The molecule has 0 aliphatic rings. The number of thiophene rings is 1. The Morgan fingerprint density at radius 3 is 2.59 bits per heavy atom. The highest BCUT2D eigenvalue weighted by molar-refractivity contribution is 7.88. The third-order valence-corrected chi connectivity index (χ3v) is 5.48. The van der Waals surface area contributed by atoms with Crippen molar-refractivity contribution in [3.8, 4) is 5.75 Å². The van der Waals surface area contributed by atoms with Gasteiger partial charge < -0.3 is 9.47 Å². The summed E-state index contributed by atoms with van der Waals surface area (Å²) in [6, 6.07) is 10.5. The lowest BCUT2D eigenvalue weighted by atomic mass is 10.1. The number of methoxy groups -OCH3 is 1. The minimum atomic E-state index is -3.23. The first kappa shape index (κ1) is 21.1. The molecule has 0 fully saturated rings. The normalized spacial score (nSPS) is 11.2. The Balaban J connectivity index is 1.82. The van der Waals surface area contributed by atoms with Crippen molar-refractivity contribution >= 4 is 33.1 Å². The van der Waals surface area contributed by atoms with Gasteiger partial charge in [0.1, 0.15) is 5.75 Å². The Kier molecular flexibility index (Phi) is 7.52. The van der Waals surface area contributed by atoms with Crippen LogP contribution in [0.3, 0.4) is 0 Å². The lowest BCUT2D eigenvalue weighted by Gasteiger charge is -2.07. The largest absolute Gasteiger partial charge is 0.496 e. The topological polar surface area (TPSA) is 98.8 Å². The first-order valence-corrected chi connectivity index (χ1v) is 10.8. The van der Waals surface area contributed by atoms with Crippen LogP contribution in [0.5, 0.6) is 5.75 Å². The fourth-order valence-corrected chi connectivity index (χ4v) is 3.70. The van der Waals surface area contributed by atoms with Crippen molar-refractivity contribution in [1.82, 2.24) is 4.72 Å². The number of hydrogen-bond donors (Lipinski definition) is 1. The Morgan fingerprint density at radius 1 is 1.15 bits per heavy atom. The van der Waals surface area contributed by atoms with Gasteiger partial charge in [-0.1, -0.05) is 18.2 Å². The summed E-state index contributed by atoms with van der Waals surface area (Å²) in [4.78, 5) is 25.5. The standard InChI is InChI=1S/C18H21NO6S2/c1-24-16-6-4-3-5-13(16)11-18(21)25-12-15(20)17-8-7-14(26-17)9-10-19-27(2,22)23/h3-8,19H,9-12H2,1-2H3. The second-order valence-corrected chi connectivity index (χ2v) is 8.76. The Bertz CT molecular complexity index is 904. The monoisotopic (exact) mass is 411 g/mol. The highest BCUT2D eigenvalue weighted by Crippen LogP contribution is 2.19. The van der Waals surface area contributed by atoms with Crippen molar-refractivity contribution in [2.45, 2.75) is 12.8 Å². The van der Waals surface area contributed by atoms with E-state index in [4.69, 9.17) is 9.47 Å². The molecule has 27 heavy (non-hydrogen) atoms. The van der Waals surface area contributed by atoms with Crippen LogP contribution in [0.2, 0.25) is 0 Å². The van der Waals surface area contributed by atoms with Gasteiger partial charge in [0.2, 0.25) is 15.8 Å². The summed E-state index contributed by atoms with van der Waals surface area (Å²) in [6.07, 6.45) is 1.60. The maximum Gasteiger partial charge on any atom is 0.310 e. The number of ether oxygens (including phenoxy) is 2. The molecule has 7 nitrogen and oxygen atoms in total. The van der Waals surface area contributed by atoms with Crippen molar-refractivity contribution in [2.24, 2.45) is 0 Å². The van der Waals surface area contributed by atoms with Crippen LogP contribution < -0.4 is 9.46 Å². The first-order valence-electron chi connectivity index (χ1n) is 8.12. The molecule has 0 bridgehead atoms. The Hall–Kier alpha value is -2.23. The molecule has 1 aromatic heterocycles. The van der Waals surface area contributed by atoms with E-state index in [1.807, 2.05) is 0 Å². The van der Waals surface area contributed by atoms with Crippen LogP contribution in [0.15, 0.2) is 36.4 Å². The third-order valence-electron chi connectivity index (χ3n) is 3.56. The molecule has 0 saturated heterocycles. The maximum atomic E-state index is 12.2. The number of rotatable bonds is 10. The number of nitrogens with one attached hydrogen (secondary N) is 1. The third kappa shape index (κ3) is 7.12. The average molecular weight is 412 g/mol. The SMILES string of the molecule is COc1ccccc1CC(=O)OCC(=O)c1ccc(CCNS(C)(=O)=O)s1. The van der Waals surface area contributed by atoms with E-state index in [1.165, 1.54) is 18.4 Å². The van der Waals surface area contributed by atoms with Gasteiger partial charge in [0.15, 0.2) is 6.61 Å². The number of carbonyl (C=O) groups is 2. The molecular weight excluding hydrogens is 390 g/mol. The van der Waals surface area contributed by atoms with Gasteiger partial charge in [0, 0.05) is 17.0 Å². The van der Waals surface area contributed by atoms with Crippen molar-refractivity contribution in [3.05, 3.63) is 51.7 Å². The second kappa shape index (κ2) is 9.63. The highest BCUT2D eigenvalue weighted by atomic mass is 32.2. The summed E-state index contributed by atoms with van der Waals surface area (Å²) < 4.78 is 34.7. The molecule has 0 aliphatic carbocycles. The molecule has 2 aromatic rings. The summed E-state index contributed by atoms with van der Waals surface area (Å²) in [6.45, 7) is -0.0730. The zero-order valence-electron chi connectivity index (χ0n) is 15.1. The molecule has 0 saturated carbocycles. The zero-order chi connectivity index (χ0) is 19.9. The number of Topliss-reactive ketones (excluding diaryl/α,β-unsaturated/α-hetero) is 1. The predicted octanol–water partition coefficient (Wildman–Crippen LogP) is 1.82. The number of esters is 1. The Morgan fingerprint density at radius 2 is 1.89 bits per heavy atom. The lowest BCUT2D eigenvalue weighted by molar-refractivity contribution is -0.141. The average Bonchev–Trinajstić information content (AvgIpc) is 3.08. The predicted molar refractivity (Wildman–Crippen MR) is 103 cm³/mol. The second-order valence-electron chi connectivity index (χ2n) is 5.75. The van der Waals surface area contributed by atoms with Gasteiger partial charge in [-0.3, -0.25) is 9.59 Å². The van der Waals surface area contributed by atoms with E-state index in [1.54, 1.807) is 36.4 Å². The maximum absolute atomic E-state index is 12.2. The number of benzene rings is 1. The zero-order valence-corrected chi connectivity index (χ0v) is 16.7. The Labute approximate surface area is 162 Å². The van der Waals surface area contributed by atoms with E-state index in [9.17, 15) is 18.0 Å². The van der Waals surface area contributed by atoms with E-state index < -0.39 is 16.0 Å². The smallest absolute Gasteiger partial charge is 0.310 e. The molecule has 0 atom stereocenters. The number of carbonyl (C=O) groups excluding carboxylic acids is 2. The molecule has 0 aliphatic heterocycles. The summed E-state index contributed by atoms with van der Waals surface area (Å²) in [5.74, 6) is -0.218. The van der Waals surface area contributed by atoms with Gasteiger partial charge in [0.25, 0.3) is 0 Å². The van der Waals surface area contributed by atoms with Crippen molar-refractivity contribution in [2.75, 3.05) is 26.5 Å². The number of ketones is 1. The van der Waals surface area contributed by atoms with Crippen LogP contribution in [0.1, 0.15) is 20.1 Å². The molecule has 1 heterocycles.